The first-order chi connectivity index (χ1) is 26.2. The third kappa shape index (κ3) is 11.8. The van der Waals surface area contributed by atoms with Gasteiger partial charge < -0.3 is 37.3 Å². The van der Waals surface area contributed by atoms with Gasteiger partial charge in [-0.1, -0.05) is 55.4 Å². The normalized spacial score (nSPS) is 22.2. The number of aromatic nitrogens is 1. The molecule has 2 heterocycles. The zero-order chi connectivity index (χ0) is 40.3. The summed E-state index contributed by atoms with van der Waals surface area (Å²) in [5.74, 6) is -1.51. The van der Waals surface area contributed by atoms with Crippen molar-refractivity contribution in [2.75, 3.05) is 38.8 Å². The maximum absolute atomic E-state index is 14.3. The van der Waals surface area contributed by atoms with Gasteiger partial charge in [0.15, 0.2) is 9.84 Å². The number of halogens is 1. The third-order valence-electron chi connectivity index (χ3n) is 9.95. The number of hydrogen-bond donors (Lipinski definition) is 6. The number of fused-ring (bicyclic) bond motifs is 2. The number of amides is 3. The quantitative estimate of drug-likeness (QED) is 0.187. The molecule has 2 aromatic carbocycles. The molecular weight excluding hydrogens is 760 g/mol. The summed E-state index contributed by atoms with van der Waals surface area (Å²) in [6.07, 6.45) is 9.32. The van der Waals surface area contributed by atoms with Gasteiger partial charge in [-0.2, -0.15) is 0 Å². The summed E-state index contributed by atoms with van der Waals surface area (Å²) in [5, 5.41) is 9.66. The maximum Gasteiger partial charge on any atom is 0.246 e. The van der Waals surface area contributed by atoms with Crippen molar-refractivity contribution in [2.45, 2.75) is 73.8 Å². The van der Waals surface area contributed by atoms with Gasteiger partial charge in [0.05, 0.1) is 22.2 Å². The number of sulfone groups is 1. The van der Waals surface area contributed by atoms with Crippen molar-refractivity contribution >= 4 is 68.0 Å². The third-order valence-corrected chi connectivity index (χ3v) is 13.2. The van der Waals surface area contributed by atoms with Crippen LogP contribution < -0.4 is 27.4 Å². The largest absolute Gasteiger partial charge is 0.361 e. The Balaban J connectivity index is 1.76. The highest BCUT2D eigenvalue weighted by atomic mass is 35.5. The van der Waals surface area contributed by atoms with E-state index in [9.17, 15) is 22.8 Å². The van der Waals surface area contributed by atoms with E-state index in [4.69, 9.17) is 23.1 Å². The van der Waals surface area contributed by atoms with Crippen molar-refractivity contribution in [2.24, 2.45) is 16.5 Å². The number of nitrogens with one attached hydrogen (secondary N) is 4. The molecule has 0 fully saturated rings. The second-order valence-electron chi connectivity index (χ2n) is 13.8. The number of H-pyrrole nitrogens is 1. The number of aromatic amines is 1. The van der Waals surface area contributed by atoms with Gasteiger partial charge in [0.1, 0.15) is 12.1 Å². The first-order valence-electron chi connectivity index (χ1n) is 18.2. The van der Waals surface area contributed by atoms with E-state index in [2.05, 4.69) is 32.5 Å². The Bertz CT molecular complexity index is 2020. The molecule has 4 rings (SSSR count). The standard InChI is InChI=1S/C39H53ClN8O5S2/c1-24-10-9-15-43-23-54-36-29(16-27(17-31(36)40)25(2)26(3)55(5,52)53)22-46-38(50)35(18-28-21-45-32-12-7-6-11-30(28)32)48(4)39(51)34(19-42)47-37(49)33(44-20-24)13-8-14-41/h6-7,9-12,15-17,21,25-26,33-35,44-45H,1,8,13-14,18-20,22-23,41-42H2,2-5H3,(H,46,50)(H,47,49)/b10-9-,43-15-/t25-,26?,33-,34-,35-/m0/s1. The van der Waals surface area contributed by atoms with Gasteiger partial charge in [-0.3, -0.25) is 19.4 Å². The number of rotatable bonds is 9. The number of likely N-dealkylation sites (N-methyl/N-ethyl adjacent to an activating group) is 1. The SMILES string of the molecule is C=C1/C=C\C=N/CSc2c(Cl)cc([C@@H](C)C(C)S(C)(=O)=O)cc2CNC(=O)[C@H](Cc2c[nH]c3ccccc23)N(C)C(=O)[C@H](CN)NC(=O)[C@H](CCCN)NC1. The molecule has 16 heteroatoms. The van der Waals surface area contributed by atoms with Crippen molar-refractivity contribution < 1.29 is 22.8 Å². The van der Waals surface area contributed by atoms with Gasteiger partial charge in [-0.05, 0) is 72.7 Å². The van der Waals surface area contributed by atoms with Crippen LogP contribution in [0.4, 0.5) is 0 Å². The second kappa shape index (κ2) is 20.3. The lowest BCUT2D eigenvalue weighted by atomic mass is 9.96. The molecule has 5 atom stereocenters. The van der Waals surface area contributed by atoms with Crippen LogP contribution in [0.15, 0.2) is 76.8 Å². The number of nitrogens with zero attached hydrogens (tertiary/aromatic N) is 2. The molecule has 0 bridgehead atoms. The zero-order valence-electron chi connectivity index (χ0n) is 31.8. The Morgan fingerprint density at radius 3 is 2.55 bits per heavy atom. The number of allylic oxidation sites excluding steroid dienone is 1. The van der Waals surface area contributed by atoms with E-state index in [1.165, 1.54) is 30.0 Å². The molecule has 8 N–H and O–H groups in total. The van der Waals surface area contributed by atoms with Gasteiger partial charge in [0.2, 0.25) is 17.7 Å². The zero-order valence-corrected chi connectivity index (χ0v) is 34.2. The summed E-state index contributed by atoms with van der Waals surface area (Å²) >= 11 is 8.26. The lowest BCUT2D eigenvalue weighted by Gasteiger charge is -2.31. The summed E-state index contributed by atoms with van der Waals surface area (Å²) in [5.41, 5.74) is 15.6. The Labute approximate surface area is 333 Å². The molecule has 0 radical (unpaired) electrons. The molecule has 0 saturated carbocycles. The van der Waals surface area contributed by atoms with Crippen LogP contribution in [0.5, 0.6) is 0 Å². The molecule has 0 spiro atoms. The van der Waals surface area contributed by atoms with E-state index < -0.39 is 56.9 Å². The smallest absolute Gasteiger partial charge is 0.246 e. The molecule has 0 aliphatic carbocycles. The highest BCUT2D eigenvalue weighted by Gasteiger charge is 2.34. The van der Waals surface area contributed by atoms with Crippen LogP contribution in [0.1, 0.15) is 49.3 Å². The van der Waals surface area contributed by atoms with Crippen LogP contribution in [0.2, 0.25) is 5.02 Å². The lowest BCUT2D eigenvalue weighted by molar-refractivity contribution is -0.141. The molecule has 13 nitrogen and oxygen atoms in total. The predicted molar refractivity (Wildman–Crippen MR) is 223 cm³/mol. The van der Waals surface area contributed by atoms with E-state index in [1.54, 1.807) is 31.4 Å². The van der Waals surface area contributed by atoms with E-state index >= 15 is 0 Å². The minimum Gasteiger partial charge on any atom is -0.361 e. The number of para-hydroxylation sites is 1. The Kier molecular flexibility index (Phi) is 16.1. The Hall–Kier alpha value is -3.99. The van der Waals surface area contributed by atoms with Gasteiger partial charge in [0, 0.05) is 67.6 Å². The van der Waals surface area contributed by atoms with E-state index in [0.29, 0.717) is 51.9 Å². The van der Waals surface area contributed by atoms with Gasteiger partial charge in [-0.25, -0.2) is 8.42 Å². The predicted octanol–water partition coefficient (Wildman–Crippen LogP) is 3.43. The van der Waals surface area contributed by atoms with Crippen molar-refractivity contribution in [3.8, 4) is 0 Å². The molecular formula is C39H53ClN8O5S2. The molecule has 1 aliphatic rings. The van der Waals surface area contributed by atoms with E-state index in [0.717, 1.165) is 16.5 Å². The van der Waals surface area contributed by atoms with Crippen LogP contribution in [0.3, 0.4) is 0 Å². The summed E-state index contributed by atoms with van der Waals surface area (Å²) in [4.78, 5) is 51.8. The number of hydrogen-bond acceptors (Lipinski definition) is 10. The van der Waals surface area contributed by atoms with Gasteiger partial charge in [0.25, 0.3) is 0 Å². The number of nitrogens with two attached hydrogens (primary N) is 2. The molecule has 0 saturated heterocycles. The first-order valence-corrected chi connectivity index (χ1v) is 21.5. The van der Waals surface area contributed by atoms with Crippen LogP contribution in [-0.4, -0.2) is 104 Å². The minimum atomic E-state index is -3.37. The fourth-order valence-electron chi connectivity index (χ4n) is 6.32. The number of aliphatic imine (C=N–C) groups is 1. The minimum absolute atomic E-state index is 0.0239. The second-order valence-corrected chi connectivity index (χ2v) is 17.6. The number of carbonyl (C=O) groups excluding carboxylic acids is 3. The van der Waals surface area contributed by atoms with Gasteiger partial charge in [-0.15, -0.1) is 11.8 Å². The number of carbonyl (C=O) groups is 3. The van der Waals surface area contributed by atoms with E-state index in [1.807, 2.05) is 43.5 Å². The lowest BCUT2D eigenvalue weighted by Crippen LogP contribution is -2.59. The van der Waals surface area contributed by atoms with Crippen LogP contribution in [0.25, 0.3) is 10.9 Å². The fraction of sp³-hybridized carbons (Fsp3) is 0.436. The molecule has 1 aliphatic heterocycles. The molecule has 3 amide bonds. The molecule has 3 aromatic rings. The van der Waals surface area contributed by atoms with Crippen molar-refractivity contribution in [1.82, 2.24) is 25.8 Å². The van der Waals surface area contributed by atoms with Crippen molar-refractivity contribution in [1.29, 1.82) is 0 Å². The summed E-state index contributed by atoms with van der Waals surface area (Å²) in [6, 6.07) is 8.47. The van der Waals surface area contributed by atoms with Crippen molar-refractivity contribution in [3.05, 3.63) is 88.6 Å². The molecule has 1 unspecified atom stereocenters. The fourth-order valence-corrected chi connectivity index (χ4v) is 8.44. The van der Waals surface area contributed by atoms with Gasteiger partial charge >= 0.3 is 0 Å². The Morgan fingerprint density at radius 2 is 1.84 bits per heavy atom. The van der Waals surface area contributed by atoms with Crippen LogP contribution >= 0.6 is 23.4 Å². The molecule has 298 valence electrons. The highest BCUT2D eigenvalue weighted by Crippen LogP contribution is 2.36. The number of benzene rings is 2. The monoisotopic (exact) mass is 812 g/mol. The van der Waals surface area contributed by atoms with Crippen molar-refractivity contribution in [3.63, 3.8) is 0 Å². The first kappa shape index (κ1) is 43.7. The van der Waals surface area contributed by atoms with Crippen LogP contribution in [0, 0.1) is 0 Å². The summed E-state index contributed by atoms with van der Waals surface area (Å²) in [7, 11) is -1.84. The maximum atomic E-state index is 14.3. The summed E-state index contributed by atoms with van der Waals surface area (Å²) in [6.45, 7) is 8.05. The number of thioether (sulfide) groups is 1. The van der Waals surface area contributed by atoms with E-state index in [-0.39, 0.29) is 26.1 Å². The molecule has 1 aromatic heterocycles. The highest BCUT2D eigenvalue weighted by molar-refractivity contribution is 7.99. The topological polar surface area (TPSA) is 205 Å². The average Bonchev–Trinajstić information content (AvgIpc) is 3.57. The average molecular weight is 813 g/mol. The Morgan fingerprint density at radius 1 is 1.09 bits per heavy atom. The van der Waals surface area contributed by atoms with Crippen LogP contribution in [-0.2, 0) is 37.2 Å². The summed E-state index contributed by atoms with van der Waals surface area (Å²) < 4.78 is 25.0. The molecule has 55 heavy (non-hydrogen) atoms.